The van der Waals surface area contributed by atoms with Crippen LogP contribution in [-0.2, 0) is 4.79 Å². The molecule has 7 nitrogen and oxygen atoms in total. The molecule has 1 aliphatic heterocycles. The van der Waals surface area contributed by atoms with Crippen molar-refractivity contribution in [1.82, 2.24) is 15.4 Å². The molecule has 0 fully saturated rings. The fourth-order valence-corrected chi connectivity index (χ4v) is 2.58. The highest BCUT2D eigenvalue weighted by atomic mass is 19.1. The standard InChI is InChI=1S/C17H16F2N4O3/c1-23-13(9-8-20-15(26-2)7-14(9)24)6-12(22-23)17(25)21-16-10(18)4-3-5-11(16)19/h3-8,12,22H,1-2H3,(H,20,24)(H,21,25). The molecule has 2 heterocycles. The Bertz CT molecular complexity index is 922. The lowest BCUT2D eigenvalue weighted by molar-refractivity contribution is -0.117. The first-order valence-corrected chi connectivity index (χ1v) is 7.64. The summed E-state index contributed by atoms with van der Waals surface area (Å²) in [5, 5.41) is 3.70. The first kappa shape index (κ1) is 17.6. The lowest BCUT2D eigenvalue weighted by Gasteiger charge is -2.18. The van der Waals surface area contributed by atoms with Crippen LogP contribution in [-0.4, -0.2) is 36.1 Å². The van der Waals surface area contributed by atoms with Crippen molar-refractivity contribution in [2.75, 3.05) is 19.5 Å². The lowest BCUT2D eigenvalue weighted by Crippen LogP contribution is -2.41. The smallest absolute Gasteiger partial charge is 0.247 e. The van der Waals surface area contributed by atoms with E-state index in [4.69, 9.17) is 4.74 Å². The van der Waals surface area contributed by atoms with Gasteiger partial charge in [0.05, 0.1) is 18.4 Å². The Labute approximate surface area is 147 Å². The highest BCUT2D eigenvalue weighted by Crippen LogP contribution is 2.22. The van der Waals surface area contributed by atoms with Crippen molar-refractivity contribution in [2.24, 2.45) is 0 Å². The highest BCUT2D eigenvalue weighted by Gasteiger charge is 2.28. The van der Waals surface area contributed by atoms with Crippen LogP contribution in [0.15, 0.2) is 41.3 Å². The number of ether oxygens (including phenoxy) is 1. The number of hydrogen-bond donors (Lipinski definition) is 3. The molecule has 9 heteroatoms. The van der Waals surface area contributed by atoms with Gasteiger partial charge in [0, 0.05) is 19.3 Å². The number of aromatic nitrogens is 1. The van der Waals surface area contributed by atoms with Crippen LogP contribution in [0, 0.1) is 11.6 Å². The van der Waals surface area contributed by atoms with Crippen LogP contribution in [0.4, 0.5) is 14.5 Å². The summed E-state index contributed by atoms with van der Waals surface area (Å²) in [6, 6.07) is 3.67. The van der Waals surface area contributed by atoms with Crippen LogP contribution < -0.4 is 20.9 Å². The van der Waals surface area contributed by atoms with Crippen LogP contribution in [0.5, 0.6) is 5.88 Å². The van der Waals surface area contributed by atoms with Gasteiger partial charge in [-0.3, -0.25) is 9.59 Å². The molecule has 0 saturated carbocycles. The third-order valence-corrected chi connectivity index (χ3v) is 3.89. The van der Waals surface area contributed by atoms with E-state index >= 15 is 0 Å². The van der Waals surface area contributed by atoms with E-state index in [1.165, 1.54) is 36.5 Å². The summed E-state index contributed by atoms with van der Waals surface area (Å²) < 4.78 is 32.3. The minimum Gasteiger partial charge on any atom is -0.482 e. The molecule has 3 rings (SSSR count). The Kier molecular flexibility index (Phi) is 4.72. The number of carbonyl (C=O) groups excluding carboxylic acids is 1. The molecule has 2 aromatic rings. The number of carbonyl (C=O) groups is 1. The maximum Gasteiger partial charge on any atom is 0.247 e. The monoisotopic (exact) mass is 362 g/mol. The fourth-order valence-electron chi connectivity index (χ4n) is 2.58. The van der Waals surface area contributed by atoms with Gasteiger partial charge in [0.25, 0.3) is 0 Å². The second-order valence-corrected chi connectivity index (χ2v) is 5.58. The number of aromatic amines is 1. The molecule has 1 aromatic heterocycles. The van der Waals surface area contributed by atoms with E-state index < -0.39 is 29.3 Å². The normalized spacial score (nSPS) is 16.4. The van der Waals surface area contributed by atoms with Crippen molar-refractivity contribution >= 4 is 17.3 Å². The first-order chi connectivity index (χ1) is 12.4. The van der Waals surface area contributed by atoms with Crippen LogP contribution >= 0.6 is 0 Å². The average molecular weight is 362 g/mol. The summed E-state index contributed by atoms with van der Waals surface area (Å²) in [5.74, 6) is -2.11. The van der Waals surface area contributed by atoms with Gasteiger partial charge in [-0.2, -0.15) is 0 Å². The molecule has 1 aromatic carbocycles. The first-order valence-electron chi connectivity index (χ1n) is 7.64. The molecular formula is C17H16F2N4O3. The van der Waals surface area contributed by atoms with Crippen LogP contribution in [0.3, 0.4) is 0 Å². The quantitative estimate of drug-likeness (QED) is 0.767. The number of hydrazine groups is 1. The number of para-hydroxylation sites is 1. The minimum absolute atomic E-state index is 0.303. The average Bonchev–Trinajstić information content (AvgIpc) is 2.99. The summed E-state index contributed by atoms with van der Waals surface area (Å²) >= 11 is 0. The number of halogens is 2. The topological polar surface area (TPSA) is 86.5 Å². The molecule has 0 bridgehead atoms. The number of pyridine rings is 1. The third-order valence-electron chi connectivity index (χ3n) is 3.89. The van der Waals surface area contributed by atoms with Crippen molar-refractivity contribution in [1.29, 1.82) is 0 Å². The molecule has 0 saturated heterocycles. The number of rotatable bonds is 4. The SMILES string of the molecule is COc1cc(=O)c(C2=CC(C(=O)Nc3c(F)cccc3F)NN2C)c[nH]1. The summed E-state index contributed by atoms with van der Waals surface area (Å²) in [6.45, 7) is 0. The zero-order chi connectivity index (χ0) is 18.8. The molecule has 0 spiro atoms. The Morgan fingerprint density at radius 3 is 2.62 bits per heavy atom. The molecular weight excluding hydrogens is 346 g/mol. The van der Waals surface area contributed by atoms with Crippen molar-refractivity contribution in [2.45, 2.75) is 6.04 Å². The van der Waals surface area contributed by atoms with Crippen LogP contribution in [0.1, 0.15) is 5.56 Å². The molecule has 0 aliphatic carbocycles. The third kappa shape index (κ3) is 3.29. The number of H-pyrrole nitrogens is 1. The number of benzene rings is 1. The lowest BCUT2D eigenvalue weighted by atomic mass is 10.1. The zero-order valence-electron chi connectivity index (χ0n) is 14.0. The maximum absolute atomic E-state index is 13.7. The number of methoxy groups -OCH3 is 1. The largest absolute Gasteiger partial charge is 0.482 e. The van der Waals surface area contributed by atoms with E-state index in [1.807, 2.05) is 0 Å². The highest BCUT2D eigenvalue weighted by molar-refractivity contribution is 5.98. The predicted octanol–water partition coefficient (Wildman–Crippen LogP) is 1.46. The van der Waals surface area contributed by atoms with Gasteiger partial charge in [-0.05, 0) is 18.2 Å². The molecule has 0 radical (unpaired) electrons. The minimum atomic E-state index is -0.907. The number of nitrogens with zero attached hydrogens (tertiary/aromatic N) is 1. The van der Waals surface area contributed by atoms with Crippen molar-refractivity contribution in [3.8, 4) is 5.88 Å². The Balaban J connectivity index is 1.85. The van der Waals surface area contributed by atoms with Crippen molar-refractivity contribution in [3.63, 3.8) is 0 Å². The predicted molar refractivity (Wildman–Crippen MR) is 91.3 cm³/mol. The molecule has 1 amide bonds. The Hall–Kier alpha value is -3.20. The summed E-state index contributed by atoms with van der Waals surface area (Å²) in [6.07, 6.45) is 2.95. The van der Waals surface area contributed by atoms with Gasteiger partial charge in [-0.15, -0.1) is 0 Å². The Morgan fingerprint density at radius 1 is 1.31 bits per heavy atom. The van der Waals surface area contributed by atoms with E-state index in [0.29, 0.717) is 17.1 Å². The van der Waals surface area contributed by atoms with Gasteiger partial charge >= 0.3 is 0 Å². The fraction of sp³-hybridized carbons (Fsp3) is 0.176. The summed E-state index contributed by atoms with van der Waals surface area (Å²) in [7, 11) is 3.04. The maximum atomic E-state index is 13.7. The summed E-state index contributed by atoms with van der Waals surface area (Å²) in [4.78, 5) is 27.3. The van der Waals surface area contributed by atoms with Crippen LogP contribution in [0.25, 0.3) is 5.70 Å². The zero-order valence-corrected chi connectivity index (χ0v) is 14.0. The second kappa shape index (κ2) is 6.96. The van der Waals surface area contributed by atoms with Crippen molar-refractivity contribution in [3.05, 3.63) is 64.0 Å². The van der Waals surface area contributed by atoms with Gasteiger partial charge in [0.1, 0.15) is 23.4 Å². The van der Waals surface area contributed by atoms with E-state index in [2.05, 4.69) is 15.7 Å². The van der Waals surface area contributed by atoms with Gasteiger partial charge in [0.2, 0.25) is 5.91 Å². The molecule has 1 aliphatic rings. The second-order valence-electron chi connectivity index (χ2n) is 5.58. The van der Waals surface area contributed by atoms with Crippen molar-refractivity contribution < 1.29 is 18.3 Å². The van der Waals surface area contributed by atoms with Crippen LogP contribution in [0.2, 0.25) is 0 Å². The van der Waals surface area contributed by atoms with Gasteiger partial charge < -0.3 is 20.0 Å². The van der Waals surface area contributed by atoms with Gasteiger partial charge in [-0.1, -0.05) is 6.07 Å². The van der Waals surface area contributed by atoms with E-state index in [-0.39, 0.29) is 5.43 Å². The van der Waals surface area contributed by atoms with E-state index in [0.717, 1.165) is 12.1 Å². The number of hydrogen-bond acceptors (Lipinski definition) is 5. The summed E-state index contributed by atoms with van der Waals surface area (Å²) in [5.41, 5.74) is 2.75. The van der Waals surface area contributed by atoms with E-state index in [9.17, 15) is 18.4 Å². The van der Waals surface area contributed by atoms with Gasteiger partial charge in [0.15, 0.2) is 11.3 Å². The van der Waals surface area contributed by atoms with Gasteiger partial charge in [-0.25, -0.2) is 14.2 Å². The number of anilines is 1. The molecule has 1 unspecified atom stereocenters. The molecule has 1 atom stereocenters. The number of nitrogens with one attached hydrogen (secondary N) is 3. The number of amides is 1. The Morgan fingerprint density at radius 2 is 2.00 bits per heavy atom. The van der Waals surface area contributed by atoms with E-state index in [1.54, 1.807) is 7.05 Å². The molecule has 26 heavy (non-hydrogen) atoms. The molecule has 3 N–H and O–H groups in total. The molecule has 136 valence electrons.